The van der Waals surface area contributed by atoms with E-state index in [1.54, 1.807) is 11.7 Å². The summed E-state index contributed by atoms with van der Waals surface area (Å²) in [5.41, 5.74) is 1.84. The highest BCUT2D eigenvalue weighted by atomic mass is 32.1. The highest BCUT2D eigenvalue weighted by Crippen LogP contribution is 2.51. The minimum atomic E-state index is -0.498. The molecule has 0 aliphatic carbocycles. The molecule has 4 rings (SSSR count). The maximum atomic E-state index is 13.4. The molecule has 0 saturated heterocycles. The zero-order valence-electron chi connectivity index (χ0n) is 17.0. The topological polar surface area (TPSA) is 78.1 Å². The van der Waals surface area contributed by atoms with Gasteiger partial charge in [-0.15, -0.1) is 0 Å². The summed E-state index contributed by atoms with van der Waals surface area (Å²) >= 11 is 5.44. The molecule has 0 amide bonds. The van der Waals surface area contributed by atoms with Gasteiger partial charge in [-0.3, -0.25) is 18.8 Å². The van der Waals surface area contributed by atoms with Crippen LogP contribution in [-0.2, 0) is 19.5 Å². The van der Waals surface area contributed by atoms with Crippen molar-refractivity contribution in [1.82, 2.24) is 14.0 Å². The van der Waals surface area contributed by atoms with Crippen molar-refractivity contribution in [3.63, 3.8) is 0 Å². The van der Waals surface area contributed by atoms with Crippen LogP contribution in [0.15, 0.2) is 10.9 Å². The molecule has 0 unspecified atom stereocenters. The summed E-state index contributed by atoms with van der Waals surface area (Å²) in [5, 5.41) is 11.1. The smallest absolute Gasteiger partial charge is 0.263 e. The lowest BCUT2D eigenvalue weighted by molar-refractivity contribution is 0.170. The summed E-state index contributed by atoms with van der Waals surface area (Å²) in [7, 11) is 3.51. The van der Waals surface area contributed by atoms with Crippen molar-refractivity contribution in [1.29, 1.82) is 0 Å². The fourth-order valence-electron chi connectivity index (χ4n) is 4.31. The first kappa shape index (κ1) is 19.8. The third kappa shape index (κ3) is 2.83. The minimum absolute atomic E-state index is 0.100. The molecular formula is C20H25N3O5S. The van der Waals surface area contributed by atoms with Gasteiger partial charge in [-0.1, -0.05) is 0 Å². The van der Waals surface area contributed by atoms with E-state index in [-0.39, 0.29) is 18.2 Å². The van der Waals surface area contributed by atoms with E-state index in [4.69, 9.17) is 26.4 Å². The molecule has 29 heavy (non-hydrogen) atoms. The van der Waals surface area contributed by atoms with Crippen LogP contribution in [0.4, 0.5) is 0 Å². The van der Waals surface area contributed by atoms with E-state index in [1.165, 1.54) is 4.57 Å². The normalized spacial score (nSPS) is 18.0. The molecule has 0 saturated carbocycles. The lowest BCUT2D eigenvalue weighted by Crippen LogP contribution is -2.39. The summed E-state index contributed by atoms with van der Waals surface area (Å²) in [6, 6.07) is 1.45. The quantitative estimate of drug-likeness (QED) is 0.763. The van der Waals surface area contributed by atoms with Crippen LogP contribution >= 0.6 is 12.2 Å². The Balaban J connectivity index is 2.06. The average Bonchev–Trinajstić information content (AvgIpc) is 3.17. The second-order valence-corrected chi connectivity index (χ2v) is 7.53. The largest absolute Gasteiger partial charge is 0.494 e. The molecule has 9 heteroatoms. The molecule has 1 N–H and O–H groups in total. The van der Waals surface area contributed by atoms with Crippen LogP contribution in [-0.4, -0.2) is 46.6 Å². The number of benzene rings is 1. The first-order valence-corrected chi connectivity index (χ1v) is 10.1. The van der Waals surface area contributed by atoms with E-state index >= 15 is 0 Å². The van der Waals surface area contributed by atoms with Gasteiger partial charge in [0, 0.05) is 25.2 Å². The average molecular weight is 420 g/mol. The number of ether oxygens (including phenoxy) is 3. The van der Waals surface area contributed by atoms with Crippen LogP contribution in [0.5, 0.6) is 23.1 Å². The van der Waals surface area contributed by atoms with Gasteiger partial charge in [-0.25, -0.2) is 0 Å². The number of hydrogen-bond donors (Lipinski definition) is 1. The standard InChI is InChI=1S/C20H25N3O5S/c1-5-22-18(24)14(19(25)23(6-2)20(22)29)15-13-11(7-8-21(15)3)9-12-16(17(13)26-4)28-10-27-12/h9,15,24H,5-8,10H2,1-4H3/t15-/m0/s1. The molecule has 0 bridgehead atoms. The Labute approximate surface area is 173 Å². The van der Waals surface area contributed by atoms with E-state index in [0.29, 0.717) is 47.2 Å². The highest BCUT2D eigenvalue weighted by Gasteiger charge is 2.38. The number of rotatable bonds is 4. The van der Waals surface area contributed by atoms with Crippen LogP contribution < -0.4 is 19.8 Å². The van der Waals surface area contributed by atoms with Crippen molar-refractivity contribution in [3.8, 4) is 23.1 Å². The van der Waals surface area contributed by atoms with Crippen molar-refractivity contribution in [2.75, 3.05) is 27.5 Å². The predicted molar refractivity (Wildman–Crippen MR) is 110 cm³/mol. The predicted octanol–water partition coefficient (Wildman–Crippen LogP) is 2.44. The third-order valence-corrected chi connectivity index (χ3v) is 6.18. The fourth-order valence-corrected chi connectivity index (χ4v) is 4.74. The van der Waals surface area contributed by atoms with Crippen LogP contribution in [0.1, 0.15) is 36.6 Å². The Bertz CT molecular complexity index is 1090. The summed E-state index contributed by atoms with van der Waals surface area (Å²) in [5.74, 6) is 1.62. The molecule has 3 heterocycles. The molecule has 2 aliphatic heterocycles. The lowest BCUT2D eigenvalue weighted by Gasteiger charge is -2.36. The summed E-state index contributed by atoms with van der Waals surface area (Å²) in [4.78, 5) is 15.4. The van der Waals surface area contributed by atoms with Gasteiger partial charge in [0.05, 0.1) is 18.7 Å². The second-order valence-electron chi connectivity index (χ2n) is 7.16. The van der Waals surface area contributed by atoms with E-state index < -0.39 is 6.04 Å². The Morgan fingerprint density at radius 2 is 1.97 bits per heavy atom. The van der Waals surface area contributed by atoms with Gasteiger partial charge < -0.3 is 19.3 Å². The van der Waals surface area contributed by atoms with Crippen molar-refractivity contribution in [2.24, 2.45) is 0 Å². The number of likely N-dealkylation sites (N-methyl/N-ethyl adjacent to an activating group) is 1. The van der Waals surface area contributed by atoms with Crippen LogP contribution in [0.2, 0.25) is 0 Å². The first-order valence-electron chi connectivity index (χ1n) is 9.70. The molecule has 0 fully saturated rings. The highest BCUT2D eigenvalue weighted by molar-refractivity contribution is 7.71. The van der Waals surface area contributed by atoms with Crippen LogP contribution in [0.25, 0.3) is 0 Å². The van der Waals surface area contributed by atoms with Crippen molar-refractivity contribution in [3.05, 3.63) is 37.9 Å². The van der Waals surface area contributed by atoms with Crippen LogP contribution in [0, 0.1) is 4.77 Å². The molecule has 1 atom stereocenters. The molecule has 1 aromatic heterocycles. The Kier molecular flexibility index (Phi) is 5.04. The number of aromatic hydroxyl groups is 1. The molecule has 156 valence electrons. The first-order chi connectivity index (χ1) is 13.9. The molecule has 1 aromatic carbocycles. The SMILES string of the molecule is CCn1c(O)c([C@@H]2c3c(cc4c(c3OC)OCO4)CCN2C)c(=O)n(CC)c1=S. The number of fused-ring (bicyclic) bond motifs is 2. The van der Waals surface area contributed by atoms with Gasteiger partial charge in [0.25, 0.3) is 5.56 Å². The summed E-state index contributed by atoms with van der Waals surface area (Å²) in [6.45, 7) is 5.48. The van der Waals surface area contributed by atoms with Gasteiger partial charge in [0.1, 0.15) is 0 Å². The molecule has 0 radical (unpaired) electrons. The number of hydrogen-bond acceptors (Lipinski definition) is 7. The Hall–Kier alpha value is -2.52. The summed E-state index contributed by atoms with van der Waals surface area (Å²) in [6.07, 6.45) is 0.769. The molecular weight excluding hydrogens is 394 g/mol. The number of aromatic nitrogens is 2. The molecule has 2 aromatic rings. The molecule has 0 spiro atoms. The minimum Gasteiger partial charge on any atom is -0.494 e. The van der Waals surface area contributed by atoms with E-state index in [0.717, 1.165) is 17.5 Å². The van der Waals surface area contributed by atoms with Crippen LogP contribution in [0.3, 0.4) is 0 Å². The molecule has 2 aliphatic rings. The monoisotopic (exact) mass is 419 g/mol. The van der Waals surface area contributed by atoms with Gasteiger partial charge in [0.2, 0.25) is 18.4 Å². The van der Waals surface area contributed by atoms with Crippen molar-refractivity contribution >= 4 is 12.2 Å². The number of methoxy groups -OCH3 is 1. The van der Waals surface area contributed by atoms with Crippen molar-refractivity contribution in [2.45, 2.75) is 39.4 Å². The van der Waals surface area contributed by atoms with Crippen molar-refractivity contribution < 1.29 is 19.3 Å². The van der Waals surface area contributed by atoms with E-state index in [1.807, 2.05) is 31.9 Å². The molecule has 8 nitrogen and oxygen atoms in total. The Morgan fingerprint density at radius 3 is 2.62 bits per heavy atom. The van der Waals surface area contributed by atoms with Gasteiger partial charge >= 0.3 is 0 Å². The zero-order valence-corrected chi connectivity index (χ0v) is 17.8. The van der Waals surface area contributed by atoms with Gasteiger partial charge in [-0.05, 0) is 51.2 Å². The maximum Gasteiger partial charge on any atom is 0.263 e. The van der Waals surface area contributed by atoms with E-state index in [9.17, 15) is 9.90 Å². The fraction of sp³-hybridized carbons (Fsp3) is 0.500. The van der Waals surface area contributed by atoms with Gasteiger partial charge in [-0.2, -0.15) is 0 Å². The van der Waals surface area contributed by atoms with Gasteiger partial charge in [0.15, 0.2) is 16.3 Å². The third-order valence-electron chi connectivity index (χ3n) is 5.74. The maximum absolute atomic E-state index is 13.4. The summed E-state index contributed by atoms with van der Waals surface area (Å²) < 4.78 is 20.4. The second kappa shape index (κ2) is 7.38. The lowest BCUT2D eigenvalue weighted by atomic mass is 9.87. The number of nitrogens with zero attached hydrogens (tertiary/aromatic N) is 3. The van der Waals surface area contributed by atoms with E-state index in [2.05, 4.69) is 0 Å². The Morgan fingerprint density at radius 1 is 1.24 bits per heavy atom. The zero-order chi connectivity index (χ0) is 20.9.